The van der Waals surface area contributed by atoms with Gasteiger partial charge in [0.2, 0.25) is 0 Å². The summed E-state index contributed by atoms with van der Waals surface area (Å²) in [4.78, 5) is 0. The second-order valence-corrected chi connectivity index (χ2v) is 4.70. The van der Waals surface area contributed by atoms with E-state index in [-0.39, 0.29) is 5.41 Å². The largest absolute Gasteiger partial charge is 0.416 e. The van der Waals surface area contributed by atoms with Crippen LogP contribution in [0.4, 0.5) is 13.2 Å². The lowest BCUT2D eigenvalue weighted by atomic mass is 9.84. The summed E-state index contributed by atoms with van der Waals surface area (Å²) < 4.78 is 38.1. The molecule has 2 N–H and O–H groups in total. The van der Waals surface area contributed by atoms with Crippen LogP contribution in [0.1, 0.15) is 25.0 Å². The van der Waals surface area contributed by atoms with Crippen molar-refractivity contribution >= 4 is 0 Å². The Balaban J connectivity index is 3.06. The molecular formula is C12H16F3N. The predicted octanol–water partition coefficient (Wildman–Crippen LogP) is 3.23. The maximum absolute atomic E-state index is 12.7. The van der Waals surface area contributed by atoms with Crippen molar-refractivity contribution in [3.05, 3.63) is 35.4 Å². The topological polar surface area (TPSA) is 26.0 Å². The number of halogens is 3. The molecule has 1 aromatic rings. The van der Waals surface area contributed by atoms with Crippen molar-refractivity contribution in [2.75, 3.05) is 6.54 Å². The minimum Gasteiger partial charge on any atom is -0.330 e. The van der Waals surface area contributed by atoms with Crippen LogP contribution in [0.15, 0.2) is 24.3 Å². The molecule has 90 valence electrons. The zero-order chi connectivity index (χ0) is 12.4. The fraction of sp³-hybridized carbons (Fsp3) is 0.500. The van der Waals surface area contributed by atoms with Gasteiger partial charge in [-0.05, 0) is 30.0 Å². The summed E-state index contributed by atoms with van der Waals surface area (Å²) in [6, 6.07) is 5.65. The Labute approximate surface area is 93.5 Å². The van der Waals surface area contributed by atoms with Crippen molar-refractivity contribution < 1.29 is 13.2 Å². The minimum atomic E-state index is -4.29. The smallest absolute Gasteiger partial charge is 0.330 e. The highest BCUT2D eigenvalue weighted by Gasteiger charge is 2.34. The molecule has 0 aliphatic rings. The van der Waals surface area contributed by atoms with Gasteiger partial charge in [-0.15, -0.1) is 0 Å². The summed E-state index contributed by atoms with van der Waals surface area (Å²) in [6.45, 7) is 4.08. The van der Waals surface area contributed by atoms with Gasteiger partial charge < -0.3 is 5.73 Å². The maximum atomic E-state index is 12.7. The number of hydrogen-bond donors (Lipinski definition) is 1. The number of nitrogens with two attached hydrogens (primary N) is 1. The van der Waals surface area contributed by atoms with Gasteiger partial charge in [0, 0.05) is 0 Å². The van der Waals surface area contributed by atoms with Crippen molar-refractivity contribution in [3.8, 4) is 0 Å². The fourth-order valence-corrected chi connectivity index (χ4v) is 1.54. The van der Waals surface area contributed by atoms with Crippen molar-refractivity contribution in [3.63, 3.8) is 0 Å². The molecule has 1 nitrogen and oxygen atoms in total. The van der Waals surface area contributed by atoms with Gasteiger partial charge >= 0.3 is 6.18 Å². The zero-order valence-corrected chi connectivity index (χ0v) is 9.43. The van der Waals surface area contributed by atoms with E-state index in [2.05, 4.69) is 0 Å². The van der Waals surface area contributed by atoms with Crippen molar-refractivity contribution in [2.24, 2.45) is 11.1 Å². The first-order valence-corrected chi connectivity index (χ1v) is 5.11. The first-order valence-electron chi connectivity index (χ1n) is 5.11. The molecule has 4 heteroatoms. The third-order valence-corrected chi connectivity index (χ3v) is 2.54. The molecule has 0 aliphatic carbocycles. The van der Waals surface area contributed by atoms with E-state index in [1.54, 1.807) is 6.07 Å². The van der Waals surface area contributed by atoms with Gasteiger partial charge in [-0.25, -0.2) is 0 Å². The molecular weight excluding hydrogens is 215 g/mol. The van der Waals surface area contributed by atoms with Gasteiger partial charge in [-0.1, -0.05) is 32.0 Å². The third-order valence-electron chi connectivity index (χ3n) is 2.54. The standard InChI is InChI=1S/C12H16F3N/c1-11(2,8-16)7-9-5-3-4-6-10(9)12(13,14)15/h3-6H,7-8,16H2,1-2H3. The van der Waals surface area contributed by atoms with E-state index in [1.165, 1.54) is 12.1 Å². The van der Waals surface area contributed by atoms with Crippen LogP contribution in [0.5, 0.6) is 0 Å². The summed E-state index contributed by atoms with van der Waals surface area (Å²) in [5.74, 6) is 0. The van der Waals surface area contributed by atoms with E-state index in [0.29, 0.717) is 18.5 Å². The molecule has 0 aliphatic heterocycles. The van der Waals surface area contributed by atoms with Crippen molar-refractivity contribution in [1.29, 1.82) is 0 Å². The van der Waals surface area contributed by atoms with Gasteiger partial charge in [-0.2, -0.15) is 13.2 Å². The van der Waals surface area contributed by atoms with E-state index in [9.17, 15) is 13.2 Å². The summed E-state index contributed by atoms with van der Waals surface area (Å²) in [5, 5.41) is 0. The van der Waals surface area contributed by atoms with Crippen molar-refractivity contribution in [1.82, 2.24) is 0 Å². The monoisotopic (exact) mass is 231 g/mol. The quantitative estimate of drug-likeness (QED) is 0.849. The molecule has 0 radical (unpaired) electrons. The van der Waals surface area contributed by atoms with E-state index in [1.807, 2.05) is 13.8 Å². The van der Waals surface area contributed by atoms with Crippen LogP contribution >= 0.6 is 0 Å². The molecule has 0 saturated heterocycles. The van der Waals surface area contributed by atoms with Crippen LogP contribution in [-0.2, 0) is 12.6 Å². The molecule has 0 spiro atoms. The number of hydrogen-bond acceptors (Lipinski definition) is 1. The molecule has 0 fully saturated rings. The highest BCUT2D eigenvalue weighted by Crippen LogP contribution is 2.34. The van der Waals surface area contributed by atoms with E-state index < -0.39 is 11.7 Å². The normalized spacial score (nSPS) is 12.9. The van der Waals surface area contributed by atoms with Crippen molar-refractivity contribution in [2.45, 2.75) is 26.4 Å². The fourth-order valence-electron chi connectivity index (χ4n) is 1.54. The second kappa shape index (κ2) is 4.45. The zero-order valence-electron chi connectivity index (χ0n) is 9.43. The Morgan fingerprint density at radius 3 is 2.19 bits per heavy atom. The molecule has 0 saturated carbocycles. The van der Waals surface area contributed by atoms with Crippen LogP contribution in [0.25, 0.3) is 0 Å². The Hall–Kier alpha value is -1.03. The molecule has 16 heavy (non-hydrogen) atoms. The highest BCUT2D eigenvalue weighted by molar-refractivity contribution is 5.30. The van der Waals surface area contributed by atoms with Gasteiger partial charge in [0.05, 0.1) is 5.56 Å². The molecule has 1 rings (SSSR count). The Kier molecular flexibility index (Phi) is 3.63. The average molecular weight is 231 g/mol. The predicted molar refractivity (Wildman–Crippen MR) is 58.0 cm³/mol. The Bertz CT molecular complexity index is 356. The van der Waals surface area contributed by atoms with Gasteiger partial charge in [0.15, 0.2) is 0 Å². The second-order valence-electron chi connectivity index (χ2n) is 4.70. The third kappa shape index (κ3) is 3.23. The highest BCUT2D eigenvalue weighted by atomic mass is 19.4. The molecule has 0 amide bonds. The van der Waals surface area contributed by atoms with Crippen LogP contribution in [0, 0.1) is 5.41 Å². The lowest BCUT2D eigenvalue weighted by Gasteiger charge is -2.24. The molecule has 0 unspecified atom stereocenters. The van der Waals surface area contributed by atoms with E-state index >= 15 is 0 Å². The van der Waals surface area contributed by atoms with Crippen LogP contribution in [0.2, 0.25) is 0 Å². The SMILES string of the molecule is CC(C)(CN)Cc1ccccc1C(F)(F)F. The lowest BCUT2D eigenvalue weighted by Crippen LogP contribution is -2.27. The van der Waals surface area contributed by atoms with Gasteiger partial charge in [0.25, 0.3) is 0 Å². The summed E-state index contributed by atoms with van der Waals surface area (Å²) in [5.41, 5.74) is 4.97. The van der Waals surface area contributed by atoms with Crippen LogP contribution < -0.4 is 5.73 Å². The number of benzene rings is 1. The minimum absolute atomic E-state index is 0.311. The molecule has 1 aromatic carbocycles. The van der Waals surface area contributed by atoms with Crippen LogP contribution in [0.3, 0.4) is 0 Å². The number of rotatable bonds is 3. The van der Waals surface area contributed by atoms with E-state index in [4.69, 9.17) is 5.73 Å². The Morgan fingerprint density at radius 1 is 1.12 bits per heavy atom. The average Bonchev–Trinajstić information content (AvgIpc) is 2.16. The summed E-state index contributed by atoms with van der Waals surface area (Å²) in [6.07, 6.45) is -3.96. The van der Waals surface area contributed by atoms with Crippen LogP contribution in [-0.4, -0.2) is 6.54 Å². The number of alkyl halides is 3. The molecule has 0 heterocycles. The first-order chi connectivity index (χ1) is 7.26. The molecule has 0 bridgehead atoms. The molecule has 0 aromatic heterocycles. The van der Waals surface area contributed by atoms with Gasteiger partial charge in [-0.3, -0.25) is 0 Å². The lowest BCUT2D eigenvalue weighted by molar-refractivity contribution is -0.138. The first kappa shape index (κ1) is 13.0. The maximum Gasteiger partial charge on any atom is 0.416 e. The summed E-state index contributed by atoms with van der Waals surface area (Å²) >= 11 is 0. The summed E-state index contributed by atoms with van der Waals surface area (Å²) in [7, 11) is 0. The van der Waals surface area contributed by atoms with E-state index in [0.717, 1.165) is 6.07 Å². The molecule has 0 atom stereocenters. The van der Waals surface area contributed by atoms with Gasteiger partial charge in [0.1, 0.15) is 0 Å². The Morgan fingerprint density at radius 2 is 1.69 bits per heavy atom.